The van der Waals surface area contributed by atoms with Gasteiger partial charge in [-0.05, 0) is 31.7 Å². The molecule has 0 fully saturated rings. The van der Waals surface area contributed by atoms with Crippen LogP contribution in [0.5, 0.6) is 0 Å². The van der Waals surface area contributed by atoms with E-state index < -0.39 is 11.9 Å². The van der Waals surface area contributed by atoms with Crippen LogP contribution in [0.3, 0.4) is 0 Å². The topological polar surface area (TPSA) is 81.4 Å². The number of hydrogen-bond donors (Lipinski definition) is 1. The van der Waals surface area contributed by atoms with Gasteiger partial charge in [-0.1, -0.05) is 0 Å². The van der Waals surface area contributed by atoms with Crippen LogP contribution in [0.1, 0.15) is 41.9 Å². The minimum absolute atomic E-state index is 0.116. The van der Waals surface area contributed by atoms with Crippen LogP contribution < -0.4 is 5.56 Å². The van der Waals surface area contributed by atoms with Gasteiger partial charge < -0.3 is 9.84 Å². The zero-order valence-electron chi connectivity index (χ0n) is 13.3. The molecule has 0 saturated carbocycles. The standard InChI is InChI=1S/C16H20N2O4S/c1-3-18-11(7-8-22-2)17-14-13(15(18)19)12-9(16(20)21)5-4-6-10(12)23-14/h9H,3-8H2,1-2H3,(H,20,21). The number of rotatable bonds is 5. The summed E-state index contributed by atoms with van der Waals surface area (Å²) in [6, 6.07) is 0. The number of aromatic nitrogens is 2. The van der Waals surface area contributed by atoms with E-state index in [0.29, 0.717) is 47.6 Å². The number of fused-ring (bicyclic) bond motifs is 3. The summed E-state index contributed by atoms with van der Waals surface area (Å²) in [7, 11) is 1.62. The lowest BCUT2D eigenvalue weighted by Gasteiger charge is -2.19. The zero-order valence-corrected chi connectivity index (χ0v) is 14.1. The number of carboxylic acid groups (broad SMARTS) is 1. The lowest BCUT2D eigenvalue weighted by molar-refractivity contribution is -0.139. The molecule has 7 heteroatoms. The lowest BCUT2D eigenvalue weighted by Crippen LogP contribution is -2.27. The molecule has 1 aliphatic rings. The molecule has 124 valence electrons. The predicted molar refractivity (Wildman–Crippen MR) is 88.4 cm³/mol. The Balaban J connectivity index is 2.26. The van der Waals surface area contributed by atoms with E-state index in [1.165, 1.54) is 11.3 Å². The highest BCUT2D eigenvalue weighted by Crippen LogP contribution is 2.40. The Bertz CT molecular complexity index is 808. The molecule has 0 amide bonds. The summed E-state index contributed by atoms with van der Waals surface area (Å²) in [5.41, 5.74) is 0.594. The highest BCUT2D eigenvalue weighted by atomic mass is 32.1. The number of hydrogen-bond acceptors (Lipinski definition) is 5. The molecule has 2 heterocycles. The summed E-state index contributed by atoms with van der Waals surface area (Å²) in [6.07, 6.45) is 2.83. The second-order valence-corrected chi connectivity index (χ2v) is 6.81. The van der Waals surface area contributed by atoms with Crippen LogP contribution in [0.25, 0.3) is 10.2 Å². The molecule has 0 spiro atoms. The largest absolute Gasteiger partial charge is 0.481 e. The number of carboxylic acids is 1. The van der Waals surface area contributed by atoms with Gasteiger partial charge in [0.1, 0.15) is 10.7 Å². The summed E-state index contributed by atoms with van der Waals surface area (Å²) in [4.78, 5) is 30.9. The molecule has 0 aromatic carbocycles. The van der Waals surface area contributed by atoms with Crippen LogP contribution in [-0.2, 0) is 28.9 Å². The minimum Gasteiger partial charge on any atom is -0.481 e. The first-order chi connectivity index (χ1) is 11.1. The number of aryl methyl sites for hydroxylation is 1. The van der Waals surface area contributed by atoms with E-state index in [4.69, 9.17) is 4.74 Å². The van der Waals surface area contributed by atoms with E-state index in [9.17, 15) is 14.7 Å². The van der Waals surface area contributed by atoms with Crippen molar-refractivity contribution < 1.29 is 14.6 Å². The highest BCUT2D eigenvalue weighted by Gasteiger charge is 2.32. The molecule has 2 aromatic rings. The Morgan fingerprint density at radius 1 is 1.52 bits per heavy atom. The second kappa shape index (κ2) is 6.41. The van der Waals surface area contributed by atoms with Gasteiger partial charge in [0, 0.05) is 25.0 Å². The fourth-order valence-electron chi connectivity index (χ4n) is 3.32. The molecule has 0 saturated heterocycles. The average Bonchev–Trinajstić information content (AvgIpc) is 2.91. The number of carbonyl (C=O) groups is 1. The monoisotopic (exact) mass is 336 g/mol. The third-order valence-corrected chi connectivity index (χ3v) is 5.55. The van der Waals surface area contributed by atoms with E-state index in [-0.39, 0.29) is 5.56 Å². The van der Waals surface area contributed by atoms with Crippen molar-refractivity contribution in [3.63, 3.8) is 0 Å². The fourth-order valence-corrected chi connectivity index (χ4v) is 4.60. The van der Waals surface area contributed by atoms with E-state index in [1.807, 2.05) is 6.92 Å². The number of aliphatic carboxylic acids is 1. The maximum absolute atomic E-state index is 12.9. The van der Waals surface area contributed by atoms with Gasteiger partial charge in [-0.25, -0.2) is 4.98 Å². The van der Waals surface area contributed by atoms with Crippen molar-refractivity contribution in [2.75, 3.05) is 13.7 Å². The quantitative estimate of drug-likeness (QED) is 0.905. The van der Waals surface area contributed by atoms with Crippen molar-refractivity contribution >= 4 is 27.5 Å². The molecule has 3 rings (SSSR count). The number of thiophene rings is 1. The van der Waals surface area contributed by atoms with Gasteiger partial charge in [0.05, 0.1) is 17.9 Å². The molecule has 6 nitrogen and oxygen atoms in total. The van der Waals surface area contributed by atoms with E-state index >= 15 is 0 Å². The maximum atomic E-state index is 12.9. The highest BCUT2D eigenvalue weighted by molar-refractivity contribution is 7.18. The average molecular weight is 336 g/mol. The Morgan fingerprint density at radius 2 is 2.30 bits per heavy atom. The van der Waals surface area contributed by atoms with E-state index in [1.54, 1.807) is 11.7 Å². The van der Waals surface area contributed by atoms with Crippen LogP contribution >= 0.6 is 11.3 Å². The van der Waals surface area contributed by atoms with Crippen LogP contribution in [0.15, 0.2) is 4.79 Å². The number of methoxy groups -OCH3 is 1. The number of ether oxygens (including phenoxy) is 1. The first-order valence-electron chi connectivity index (χ1n) is 7.85. The third-order valence-electron chi connectivity index (χ3n) is 4.39. The number of nitrogens with zero attached hydrogens (tertiary/aromatic N) is 2. The molecular formula is C16H20N2O4S. The van der Waals surface area contributed by atoms with Gasteiger partial charge in [-0.2, -0.15) is 0 Å². The van der Waals surface area contributed by atoms with Crippen molar-refractivity contribution in [1.29, 1.82) is 0 Å². The molecule has 1 unspecified atom stereocenters. The van der Waals surface area contributed by atoms with Gasteiger partial charge >= 0.3 is 5.97 Å². The molecule has 23 heavy (non-hydrogen) atoms. The van der Waals surface area contributed by atoms with Gasteiger partial charge in [0.2, 0.25) is 0 Å². The molecule has 2 aromatic heterocycles. The molecule has 0 aliphatic heterocycles. The van der Waals surface area contributed by atoms with E-state index in [2.05, 4.69) is 4.98 Å². The normalized spacial score (nSPS) is 17.4. The predicted octanol–water partition coefficient (Wildman–Crippen LogP) is 2.17. The molecular weight excluding hydrogens is 316 g/mol. The van der Waals surface area contributed by atoms with Gasteiger partial charge in [-0.3, -0.25) is 14.2 Å². The van der Waals surface area contributed by atoms with Crippen LogP contribution in [-0.4, -0.2) is 34.3 Å². The van der Waals surface area contributed by atoms with Gasteiger partial charge in [0.25, 0.3) is 5.56 Å². The van der Waals surface area contributed by atoms with Crippen LogP contribution in [0.4, 0.5) is 0 Å². The van der Waals surface area contributed by atoms with Crippen molar-refractivity contribution in [3.05, 3.63) is 26.6 Å². The van der Waals surface area contributed by atoms with Crippen LogP contribution in [0.2, 0.25) is 0 Å². The maximum Gasteiger partial charge on any atom is 0.311 e. The van der Waals surface area contributed by atoms with Crippen molar-refractivity contribution in [3.8, 4) is 0 Å². The van der Waals surface area contributed by atoms with Crippen molar-refractivity contribution in [2.24, 2.45) is 0 Å². The zero-order chi connectivity index (χ0) is 16.6. The second-order valence-electron chi connectivity index (χ2n) is 5.72. The van der Waals surface area contributed by atoms with Gasteiger partial charge in [0.15, 0.2) is 0 Å². The van der Waals surface area contributed by atoms with Crippen LogP contribution in [0, 0.1) is 0 Å². The lowest BCUT2D eigenvalue weighted by atomic mass is 9.86. The SMILES string of the molecule is CCn1c(CCOC)nc2sc3c(c2c1=O)C(C(=O)O)CCC3. The molecule has 1 N–H and O–H groups in total. The summed E-state index contributed by atoms with van der Waals surface area (Å²) < 4.78 is 6.74. The van der Waals surface area contributed by atoms with E-state index in [0.717, 1.165) is 17.7 Å². The Hall–Kier alpha value is -1.73. The molecule has 1 aliphatic carbocycles. The molecule has 1 atom stereocenters. The summed E-state index contributed by atoms with van der Waals surface area (Å²) >= 11 is 1.47. The summed E-state index contributed by atoms with van der Waals surface area (Å²) in [5, 5.41) is 10.0. The molecule has 0 bridgehead atoms. The Morgan fingerprint density at radius 3 is 2.96 bits per heavy atom. The third kappa shape index (κ3) is 2.68. The van der Waals surface area contributed by atoms with Crippen molar-refractivity contribution in [1.82, 2.24) is 9.55 Å². The smallest absolute Gasteiger partial charge is 0.311 e. The fraction of sp³-hybridized carbons (Fsp3) is 0.562. The molecule has 0 radical (unpaired) electrons. The van der Waals surface area contributed by atoms with Crippen molar-refractivity contribution in [2.45, 2.75) is 45.1 Å². The first-order valence-corrected chi connectivity index (χ1v) is 8.66. The first kappa shape index (κ1) is 16.1. The summed E-state index contributed by atoms with van der Waals surface area (Å²) in [6.45, 7) is 2.92. The Kier molecular flexibility index (Phi) is 4.50. The Labute approximate surface area is 137 Å². The van der Waals surface area contributed by atoms with Gasteiger partial charge in [-0.15, -0.1) is 11.3 Å². The minimum atomic E-state index is -0.850. The summed E-state index contributed by atoms with van der Waals surface area (Å²) in [5.74, 6) is -0.731.